The van der Waals surface area contributed by atoms with Crippen molar-refractivity contribution in [2.75, 3.05) is 26.7 Å². The number of amides is 2. The van der Waals surface area contributed by atoms with Crippen molar-refractivity contribution < 1.29 is 9.59 Å². The molecule has 0 bridgehead atoms. The number of nitrogens with zero attached hydrogens (tertiary/aromatic N) is 2. The Morgan fingerprint density at radius 2 is 1.85 bits per heavy atom. The van der Waals surface area contributed by atoms with Crippen LogP contribution in [-0.4, -0.2) is 48.3 Å². The molecule has 1 aromatic heterocycles. The molecule has 2 aromatic carbocycles. The van der Waals surface area contributed by atoms with Crippen molar-refractivity contribution in [3.05, 3.63) is 93.2 Å². The molecule has 1 N–H and O–H groups in total. The minimum Gasteiger partial charge on any atom is -0.355 e. The van der Waals surface area contributed by atoms with E-state index in [0.717, 1.165) is 42.9 Å². The largest absolute Gasteiger partial charge is 0.355 e. The first-order chi connectivity index (χ1) is 16.1. The second-order valence-corrected chi connectivity index (χ2v) is 9.86. The normalized spacial score (nSPS) is 20.3. The van der Waals surface area contributed by atoms with E-state index in [-0.39, 0.29) is 17.9 Å². The van der Waals surface area contributed by atoms with Gasteiger partial charge in [0.05, 0.1) is 12.0 Å². The van der Waals surface area contributed by atoms with Gasteiger partial charge in [0.1, 0.15) is 0 Å². The molecule has 0 fully saturated rings. The van der Waals surface area contributed by atoms with Crippen LogP contribution in [0.4, 0.5) is 0 Å². The fourth-order valence-corrected chi connectivity index (χ4v) is 6.05. The van der Waals surface area contributed by atoms with Gasteiger partial charge in [0.2, 0.25) is 5.91 Å². The maximum atomic E-state index is 13.5. The first-order valence-electron chi connectivity index (χ1n) is 11.6. The summed E-state index contributed by atoms with van der Waals surface area (Å²) in [5, 5.41) is 5.18. The topological polar surface area (TPSA) is 52.7 Å². The fourth-order valence-electron chi connectivity index (χ4n) is 5.14. The van der Waals surface area contributed by atoms with Crippen LogP contribution in [0.3, 0.4) is 0 Å². The Morgan fingerprint density at radius 3 is 2.67 bits per heavy atom. The van der Waals surface area contributed by atoms with Gasteiger partial charge < -0.3 is 10.2 Å². The van der Waals surface area contributed by atoms with E-state index in [1.165, 1.54) is 11.1 Å². The predicted molar refractivity (Wildman–Crippen MR) is 131 cm³/mol. The summed E-state index contributed by atoms with van der Waals surface area (Å²) in [5.74, 6) is -0.452. The van der Waals surface area contributed by atoms with Crippen LogP contribution < -0.4 is 5.32 Å². The van der Waals surface area contributed by atoms with Crippen molar-refractivity contribution in [1.82, 2.24) is 15.1 Å². The minimum atomic E-state index is -0.413. The van der Waals surface area contributed by atoms with Crippen molar-refractivity contribution in [3.8, 4) is 0 Å². The zero-order chi connectivity index (χ0) is 22.8. The molecule has 2 atom stereocenters. The van der Waals surface area contributed by atoms with Crippen LogP contribution >= 0.6 is 11.3 Å². The lowest BCUT2D eigenvalue weighted by molar-refractivity contribution is -0.124. The van der Waals surface area contributed by atoms with E-state index in [0.29, 0.717) is 12.1 Å². The van der Waals surface area contributed by atoms with E-state index in [1.807, 2.05) is 41.8 Å². The van der Waals surface area contributed by atoms with Crippen molar-refractivity contribution >= 4 is 23.2 Å². The molecule has 5 rings (SSSR count). The summed E-state index contributed by atoms with van der Waals surface area (Å²) in [4.78, 5) is 31.7. The van der Waals surface area contributed by atoms with Gasteiger partial charge in [-0.2, -0.15) is 0 Å². The lowest BCUT2D eigenvalue weighted by atomic mass is 9.81. The molecule has 5 nitrogen and oxygen atoms in total. The summed E-state index contributed by atoms with van der Waals surface area (Å²) in [7, 11) is 1.80. The molecule has 0 radical (unpaired) electrons. The van der Waals surface area contributed by atoms with Gasteiger partial charge in [0, 0.05) is 43.7 Å². The Balaban J connectivity index is 1.26. The Hall–Kier alpha value is -2.96. The molecule has 0 saturated heterocycles. The van der Waals surface area contributed by atoms with Gasteiger partial charge in [-0.05, 0) is 47.0 Å². The van der Waals surface area contributed by atoms with Gasteiger partial charge in [0.15, 0.2) is 0 Å². The van der Waals surface area contributed by atoms with E-state index < -0.39 is 5.92 Å². The Bertz CT molecular complexity index is 1140. The van der Waals surface area contributed by atoms with Gasteiger partial charge in [-0.25, -0.2) is 0 Å². The van der Waals surface area contributed by atoms with Gasteiger partial charge in [0.25, 0.3) is 5.91 Å². The van der Waals surface area contributed by atoms with E-state index >= 15 is 0 Å². The summed E-state index contributed by atoms with van der Waals surface area (Å²) in [6, 6.07) is 19.9. The molecule has 3 heterocycles. The zero-order valence-corrected chi connectivity index (χ0v) is 19.7. The maximum absolute atomic E-state index is 13.5. The molecule has 0 aliphatic carbocycles. The molecule has 2 aliphatic rings. The van der Waals surface area contributed by atoms with Crippen LogP contribution in [0, 0.1) is 0 Å². The molecule has 2 amide bonds. The van der Waals surface area contributed by atoms with Crippen molar-refractivity contribution in [2.45, 2.75) is 31.3 Å². The number of benzene rings is 2. The number of nitrogens with one attached hydrogen (secondary N) is 1. The smallest absolute Gasteiger partial charge is 0.254 e. The highest BCUT2D eigenvalue weighted by Crippen LogP contribution is 2.43. The third kappa shape index (κ3) is 4.33. The molecule has 0 unspecified atom stereocenters. The Kier molecular flexibility index (Phi) is 6.29. The number of fused-ring (bicyclic) bond motifs is 2. The number of carbonyl (C=O) groups excluding carboxylic acids is 2. The molecule has 33 heavy (non-hydrogen) atoms. The molecule has 170 valence electrons. The van der Waals surface area contributed by atoms with Crippen molar-refractivity contribution in [3.63, 3.8) is 0 Å². The average molecular weight is 460 g/mol. The summed E-state index contributed by atoms with van der Waals surface area (Å²) in [6.07, 6.45) is 1.99. The number of thiophene rings is 1. The quantitative estimate of drug-likeness (QED) is 0.562. The standard InChI is InChI=1S/C27H29N3O2S/c1-29-25(23-12-6-17-33-23)24(21-10-4-5-11-22(21)27(29)32)26(31)28-14-7-15-30-16-13-19-8-2-3-9-20(19)18-30/h2-6,8-12,17,24-25H,7,13-16,18H2,1H3,(H,28,31)/t24-,25-/m0/s1. The first-order valence-corrected chi connectivity index (χ1v) is 12.5. The predicted octanol–water partition coefficient (Wildman–Crippen LogP) is 4.22. The van der Waals surface area contributed by atoms with Crippen LogP contribution in [0.1, 0.15) is 50.3 Å². The maximum Gasteiger partial charge on any atom is 0.254 e. The second-order valence-electron chi connectivity index (χ2n) is 8.88. The summed E-state index contributed by atoms with van der Waals surface area (Å²) < 4.78 is 0. The number of likely N-dealkylation sites (N-methyl/N-ethyl adjacent to an activating group) is 1. The lowest BCUT2D eigenvalue weighted by Crippen LogP contribution is -2.45. The SMILES string of the molecule is CN1C(=O)c2ccccc2[C@H](C(=O)NCCCN2CCc3ccccc3C2)[C@@H]1c1cccs1. The van der Waals surface area contributed by atoms with Crippen molar-refractivity contribution in [2.24, 2.45) is 0 Å². The summed E-state index contributed by atoms with van der Waals surface area (Å²) >= 11 is 1.59. The number of hydrogen-bond acceptors (Lipinski definition) is 4. The molecule has 2 aliphatic heterocycles. The van der Waals surface area contributed by atoms with Gasteiger partial charge in [-0.3, -0.25) is 14.5 Å². The van der Waals surface area contributed by atoms with E-state index in [4.69, 9.17) is 0 Å². The van der Waals surface area contributed by atoms with Crippen LogP contribution in [0.2, 0.25) is 0 Å². The number of carbonyl (C=O) groups is 2. The van der Waals surface area contributed by atoms with Gasteiger partial charge >= 0.3 is 0 Å². The summed E-state index contributed by atoms with van der Waals surface area (Å²) in [6.45, 7) is 3.63. The van der Waals surface area contributed by atoms with E-state index in [9.17, 15) is 9.59 Å². The summed E-state index contributed by atoms with van der Waals surface area (Å²) in [5.41, 5.74) is 4.32. The second kappa shape index (κ2) is 9.49. The minimum absolute atomic E-state index is 0.0100. The van der Waals surface area contributed by atoms with E-state index in [1.54, 1.807) is 23.3 Å². The van der Waals surface area contributed by atoms with E-state index in [2.05, 4.69) is 34.5 Å². The van der Waals surface area contributed by atoms with Crippen LogP contribution in [0.5, 0.6) is 0 Å². The highest BCUT2D eigenvalue weighted by Gasteiger charge is 2.42. The number of hydrogen-bond donors (Lipinski definition) is 1. The van der Waals surface area contributed by atoms with Crippen LogP contribution in [0.25, 0.3) is 0 Å². The van der Waals surface area contributed by atoms with Crippen molar-refractivity contribution in [1.29, 1.82) is 0 Å². The highest BCUT2D eigenvalue weighted by molar-refractivity contribution is 7.10. The highest BCUT2D eigenvalue weighted by atomic mass is 32.1. The average Bonchev–Trinajstić information content (AvgIpc) is 3.38. The third-order valence-electron chi connectivity index (χ3n) is 6.86. The zero-order valence-electron chi connectivity index (χ0n) is 18.9. The molecular weight excluding hydrogens is 430 g/mol. The third-order valence-corrected chi connectivity index (χ3v) is 7.80. The molecule has 3 aromatic rings. The molecule has 6 heteroatoms. The molecular formula is C27H29N3O2S. The first kappa shape index (κ1) is 21.9. The van der Waals surface area contributed by atoms with Gasteiger partial charge in [-0.1, -0.05) is 48.5 Å². The molecule has 0 spiro atoms. The Morgan fingerprint density at radius 1 is 1.06 bits per heavy atom. The van der Waals surface area contributed by atoms with Crippen LogP contribution in [0.15, 0.2) is 66.0 Å². The van der Waals surface area contributed by atoms with Gasteiger partial charge in [-0.15, -0.1) is 11.3 Å². The van der Waals surface area contributed by atoms with Crippen LogP contribution in [-0.2, 0) is 17.8 Å². The molecule has 0 saturated carbocycles. The fraction of sp³-hybridized carbons (Fsp3) is 0.333. The lowest BCUT2D eigenvalue weighted by Gasteiger charge is -2.39. The monoisotopic (exact) mass is 459 g/mol. The Labute approximate surface area is 199 Å². The number of rotatable bonds is 6.